The van der Waals surface area contributed by atoms with Gasteiger partial charge in [0, 0.05) is 12.7 Å². The third-order valence-electron chi connectivity index (χ3n) is 1.22. The Morgan fingerprint density at radius 3 is 2.70 bits per heavy atom. The maximum Gasteiger partial charge on any atom is 0.411 e. The lowest BCUT2D eigenvalue weighted by atomic mass is 10.3. The third-order valence-corrected chi connectivity index (χ3v) is 1.22. The van der Waals surface area contributed by atoms with Crippen molar-refractivity contribution in [3.8, 4) is 0 Å². The zero-order valence-electron chi connectivity index (χ0n) is 6.21. The van der Waals surface area contributed by atoms with E-state index < -0.39 is 6.09 Å². The molecule has 3 heteroatoms. The Hall–Kier alpha value is -0.990. The number of amides is 1. The van der Waals surface area contributed by atoms with E-state index in [4.69, 9.17) is 5.11 Å². The van der Waals surface area contributed by atoms with Crippen molar-refractivity contribution in [1.82, 2.24) is 4.90 Å². The highest BCUT2D eigenvalue weighted by Crippen LogP contribution is 1.94. The molecule has 0 unspecified atom stereocenters. The highest BCUT2D eigenvalue weighted by molar-refractivity contribution is 5.66. The second-order valence-electron chi connectivity index (χ2n) is 2.01. The van der Waals surface area contributed by atoms with Gasteiger partial charge in [-0.15, -0.1) is 0 Å². The van der Waals surface area contributed by atoms with E-state index in [9.17, 15) is 4.79 Å². The van der Waals surface area contributed by atoms with Gasteiger partial charge in [0.25, 0.3) is 0 Å². The van der Waals surface area contributed by atoms with Crippen LogP contribution in [0.3, 0.4) is 0 Å². The van der Waals surface area contributed by atoms with Crippen LogP contribution in [-0.2, 0) is 0 Å². The van der Waals surface area contributed by atoms with Gasteiger partial charge in [-0.25, -0.2) is 4.79 Å². The molecule has 0 atom stereocenters. The summed E-state index contributed by atoms with van der Waals surface area (Å²) in [4.78, 5) is 11.5. The SMILES string of the molecule is C=CN(CCCC)C(=O)O. The van der Waals surface area contributed by atoms with E-state index in [0.717, 1.165) is 12.8 Å². The second-order valence-corrected chi connectivity index (χ2v) is 2.01. The van der Waals surface area contributed by atoms with Crippen molar-refractivity contribution in [3.05, 3.63) is 12.8 Å². The molecule has 0 fully saturated rings. The van der Waals surface area contributed by atoms with Gasteiger partial charge < -0.3 is 5.11 Å². The number of unbranched alkanes of at least 4 members (excludes halogenated alkanes) is 1. The molecule has 0 spiro atoms. The Bertz CT molecular complexity index is 123. The maximum absolute atomic E-state index is 10.3. The molecule has 0 saturated heterocycles. The van der Waals surface area contributed by atoms with Crippen molar-refractivity contribution in [2.45, 2.75) is 19.8 Å². The van der Waals surface area contributed by atoms with Crippen LogP contribution in [0.2, 0.25) is 0 Å². The van der Waals surface area contributed by atoms with E-state index in [1.807, 2.05) is 6.92 Å². The first kappa shape index (κ1) is 9.01. The average Bonchev–Trinajstić information content (AvgIpc) is 1.89. The lowest BCUT2D eigenvalue weighted by Gasteiger charge is -2.11. The van der Waals surface area contributed by atoms with Crippen molar-refractivity contribution in [2.75, 3.05) is 6.54 Å². The van der Waals surface area contributed by atoms with Gasteiger partial charge >= 0.3 is 6.09 Å². The number of hydrogen-bond donors (Lipinski definition) is 1. The van der Waals surface area contributed by atoms with E-state index >= 15 is 0 Å². The van der Waals surface area contributed by atoms with Gasteiger partial charge in [-0.05, 0) is 6.42 Å². The quantitative estimate of drug-likeness (QED) is 0.653. The summed E-state index contributed by atoms with van der Waals surface area (Å²) < 4.78 is 0. The van der Waals surface area contributed by atoms with Gasteiger partial charge in [0.15, 0.2) is 0 Å². The minimum Gasteiger partial charge on any atom is -0.465 e. The van der Waals surface area contributed by atoms with Crippen LogP contribution in [-0.4, -0.2) is 22.6 Å². The zero-order valence-corrected chi connectivity index (χ0v) is 6.21. The maximum atomic E-state index is 10.3. The standard InChI is InChI=1S/C7H13NO2/c1-3-5-6-8(4-2)7(9)10/h4H,2-3,5-6H2,1H3,(H,9,10). The molecule has 0 aliphatic carbocycles. The summed E-state index contributed by atoms with van der Waals surface area (Å²) in [6, 6.07) is 0. The van der Waals surface area contributed by atoms with Crippen LogP contribution >= 0.6 is 0 Å². The summed E-state index contributed by atoms with van der Waals surface area (Å²) in [5.41, 5.74) is 0. The molecule has 0 rings (SSSR count). The normalized spacial score (nSPS) is 8.90. The van der Waals surface area contributed by atoms with Crippen molar-refractivity contribution in [2.24, 2.45) is 0 Å². The first-order valence-corrected chi connectivity index (χ1v) is 3.34. The largest absolute Gasteiger partial charge is 0.465 e. The molecular weight excluding hydrogens is 130 g/mol. The van der Waals surface area contributed by atoms with Crippen molar-refractivity contribution >= 4 is 6.09 Å². The van der Waals surface area contributed by atoms with Crippen molar-refractivity contribution in [1.29, 1.82) is 0 Å². The molecule has 0 radical (unpaired) electrons. The van der Waals surface area contributed by atoms with E-state index in [2.05, 4.69) is 6.58 Å². The predicted molar refractivity (Wildman–Crippen MR) is 39.8 cm³/mol. The Morgan fingerprint density at radius 1 is 1.80 bits per heavy atom. The molecule has 0 bridgehead atoms. The summed E-state index contributed by atoms with van der Waals surface area (Å²) in [7, 11) is 0. The highest BCUT2D eigenvalue weighted by atomic mass is 16.4. The molecule has 0 heterocycles. The van der Waals surface area contributed by atoms with Crippen LogP contribution in [0.4, 0.5) is 4.79 Å². The fraction of sp³-hybridized carbons (Fsp3) is 0.571. The summed E-state index contributed by atoms with van der Waals surface area (Å²) in [6.07, 6.45) is 2.29. The van der Waals surface area contributed by atoms with Gasteiger partial charge in [-0.1, -0.05) is 19.9 Å². The molecule has 3 nitrogen and oxygen atoms in total. The van der Waals surface area contributed by atoms with Crippen molar-refractivity contribution < 1.29 is 9.90 Å². The molecule has 0 aromatic rings. The molecule has 0 aliphatic rings. The second kappa shape index (κ2) is 4.85. The van der Waals surface area contributed by atoms with E-state index in [0.29, 0.717) is 6.54 Å². The molecule has 1 N–H and O–H groups in total. The Kier molecular flexibility index (Phi) is 4.37. The topological polar surface area (TPSA) is 40.5 Å². The van der Waals surface area contributed by atoms with Crippen LogP contribution in [0, 0.1) is 0 Å². The molecule has 10 heavy (non-hydrogen) atoms. The Balaban J connectivity index is 3.60. The minimum atomic E-state index is -0.927. The van der Waals surface area contributed by atoms with Crippen molar-refractivity contribution in [3.63, 3.8) is 0 Å². The fourth-order valence-electron chi connectivity index (χ4n) is 0.593. The molecule has 0 aliphatic heterocycles. The summed E-state index contributed by atoms with van der Waals surface area (Å²) in [6.45, 7) is 5.95. The Morgan fingerprint density at radius 2 is 2.40 bits per heavy atom. The number of carboxylic acid groups (broad SMARTS) is 1. The predicted octanol–water partition coefficient (Wildman–Crippen LogP) is 1.91. The summed E-state index contributed by atoms with van der Waals surface area (Å²) in [5.74, 6) is 0. The first-order valence-electron chi connectivity index (χ1n) is 3.34. The van der Waals surface area contributed by atoms with Gasteiger partial charge in [0.1, 0.15) is 0 Å². The van der Waals surface area contributed by atoms with Crippen LogP contribution in [0.5, 0.6) is 0 Å². The molecule has 1 amide bonds. The number of rotatable bonds is 4. The summed E-state index contributed by atoms with van der Waals surface area (Å²) >= 11 is 0. The van der Waals surface area contributed by atoms with E-state index in [1.54, 1.807) is 0 Å². The third kappa shape index (κ3) is 3.12. The van der Waals surface area contributed by atoms with Gasteiger partial charge in [-0.2, -0.15) is 0 Å². The van der Waals surface area contributed by atoms with E-state index in [-0.39, 0.29) is 0 Å². The average molecular weight is 143 g/mol. The summed E-state index contributed by atoms with van der Waals surface area (Å²) in [5, 5.41) is 8.45. The van der Waals surface area contributed by atoms with Crippen LogP contribution in [0.25, 0.3) is 0 Å². The van der Waals surface area contributed by atoms with Gasteiger partial charge in [0.2, 0.25) is 0 Å². The minimum absolute atomic E-state index is 0.551. The van der Waals surface area contributed by atoms with Gasteiger partial charge in [-0.3, -0.25) is 4.90 Å². The smallest absolute Gasteiger partial charge is 0.411 e. The monoisotopic (exact) mass is 143 g/mol. The number of nitrogens with zero attached hydrogens (tertiary/aromatic N) is 1. The number of carbonyl (C=O) groups is 1. The molecule has 58 valence electrons. The van der Waals surface area contributed by atoms with Crippen LogP contribution < -0.4 is 0 Å². The molecule has 0 aromatic carbocycles. The van der Waals surface area contributed by atoms with Crippen LogP contribution in [0.15, 0.2) is 12.8 Å². The van der Waals surface area contributed by atoms with Gasteiger partial charge in [0.05, 0.1) is 0 Å². The molecule has 0 saturated carbocycles. The first-order chi connectivity index (χ1) is 4.72. The molecule has 0 aromatic heterocycles. The fourth-order valence-corrected chi connectivity index (χ4v) is 0.593. The van der Waals surface area contributed by atoms with Crippen LogP contribution in [0.1, 0.15) is 19.8 Å². The lowest BCUT2D eigenvalue weighted by molar-refractivity contribution is 0.162. The zero-order chi connectivity index (χ0) is 7.98. The lowest BCUT2D eigenvalue weighted by Crippen LogP contribution is -2.24. The Labute approximate surface area is 61.0 Å². The molecular formula is C7H13NO2. The van der Waals surface area contributed by atoms with E-state index in [1.165, 1.54) is 11.1 Å². The number of hydrogen-bond acceptors (Lipinski definition) is 1. The highest BCUT2D eigenvalue weighted by Gasteiger charge is 2.04.